The minimum Gasteiger partial charge on any atom is -0.396 e. The molecule has 3 aromatic rings. The van der Waals surface area contributed by atoms with Crippen LogP contribution < -0.4 is 5.73 Å². The van der Waals surface area contributed by atoms with Gasteiger partial charge in [0.25, 0.3) is 0 Å². The summed E-state index contributed by atoms with van der Waals surface area (Å²) in [5.41, 5.74) is 7.77. The zero-order valence-electron chi connectivity index (χ0n) is 12.6. The van der Waals surface area contributed by atoms with Crippen molar-refractivity contribution in [3.05, 3.63) is 84.0 Å². The molecule has 2 N–H and O–H groups in total. The van der Waals surface area contributed by atoms with Gasteiger partial charge in [0.1, 0.15) is 17.8 Å². The van der Waals surface area contributed by atoms with Crippen LogP contribution in [0.25, 0.3) is 5.70 Å². The van der Waals surface area contributed by atoms with Gasteiger partial charge in [0.2, 0.25) is 0 Å². The Morgan fingerprint density at radius 3 is 2.67 bits per heavy atom. The third-order valence-electron chi connectivity index (χ3n) is 3.19. The molecule has 0 atom stereocenters. The lowest BCUT2D eigenvalue weighted by Crippen LogP contribution is -2.07. The van der Waals surface area contributed by atoms with Crippen LogP contribution in [0, 0.1) is 5.82 Å². The first-order valence-corrected chi connectivity index (χ1v) is 7.17. The first-order chi connectivity index (χ1) is 11.7. The summed E-state index contributed by atoms with van der Waals surface area (Å²) in [6.07, 6.45) is 6.20. The molecule has 0 aliphatic rings. The van der Waals surface area contributed by atoms with Gasteiger partial charge in [-0.3, -0.25) is 4.99 Å². The Balaban J connectivity index is 1.93. The molecule has 0 unspecified atom stereocenters. The van der Waals surface area contributed by atoms with Gasteiger partial charge < -0.3 is 10.3 Å². The van der Waals surface area contributed by atoms with Crippen molar-refractivity contribution in [3.8, 4) is 0 Å². The average Bonchev–Trinajstić information content (AvgIpc) is 3.15. The third-order valence-corrected chi connectivity index (χ3v) is 3.19. The van der Waals surface area contributed by atoms with Crippen LogP contribution in [0.15, 0.2) is 70.6 Å². The van der Waals surface area contributed by atoms with E-state index < -0.39 is 0 Å². The van der Waals surface area contributed by atoms with Crippen LogP contribution in [0.5, 0.6) is 0 Å². The molecule has 2 aromatic heterocycles. The topological polar surface area (TPSA) is 90.2 Å². The van der Waals surface area contributed by atoms with Gasteiger partial charge in [0.15, 0.2) is 5.82 Å². The highest BCUT2D eigenvalue weighted by atomic mass is 19.1. The van der Waals surface area contributed by atoms with Crippen molar-refractivity contribution in [2.75, 3.05) is 0 Å². The highest BCUT2D eigenvalue weighted by Gasteiger charge is 2.08. The molecule has 0 saturated heterocycles. The van der Waals surface area contributed by atoms with E-state index in [1.54, 1.807) is 48.8 Å². The van der Waals surface area contributed by atoms with E-state index in [1.807, 2.05) is 0 Å². The van der Waals surface area contributed by atoms with Crippen molar-refractivity contribution in [1.29, 1.82) is 0 Å². The van der Waals surface area contributed by atoms with Gasteiger partial charge >= 0.3 is 0 Å². The fraction of sp³-hybridized carbons (Fsp3) is 0.0588. The fourth-order valence-electron chi connectivity index (χ4n) is 2.00. The first-order valence-electron chi connectivity index (χ1n) is 7.17. The predicted octanol–water partition coefficient (Wildman–Crippen LogP) is 2.59. The molecular formula is C17H14FN5O. The van der Waals surface area contributed by atoms with Crippen LogP contribution in [0.2, 0.25) is 0 Å². The maximum atomic E-state index is 13.7. The number of benzene rings is 1. The second kappa shape index (κ2) is 7.28. The number of nitrogens with zero attached hydrogens (tertiary/aromatic N) is 4. The van der Waals surface area contributed by atoms with Gasteiger partial charge in [-0.25, -0.2) is 14.4 Å². The Morgan fingerprint density at radius 2 is 1.96 bits per heavy atom. The van der Waals surface area contributed by atoms with Crippen LogP contribution in [-0.2, 0) is 6.54 Å². The van der Waals surface area contributed by atoms with Crippen molar-refractivity contribution in [3.63, 3.8) is 0 Å². The van der Waals surface area contributed by atoms with E-state index in [9.17, 15) is 4.39 Å². The minimum atomic E-state index is -0.316. The molecule has 120 valence electrons. The minimum absolute atomic E-state index is 0.147. The SMILES string of the molecule is N/C(=C\C(=NCc1ccccc1F)c1ccon1)c1ncccn1. The van der Waals surface area contributed by atoms with Crippen molar-refractivity contribution in [1.82, 2.24) is 15.1 Å². The molecule has 0 fully saturated rings. The van der Waals surface area contributed by atoms with Crippen LogP contribution >= 0.6 is 0 Å². The number of hydrogen-bond donors (Lipinski definition) is 1. The Bertz CT molecular complexity index is 860. The summed E-state index contributed by atoms with van der Waals surface area (Å²) in [5, 5.41) is 3.86. The normalized spacial score (nSPS) is 12.4. The predicted molar refractivity (Wildman–Crippen MR) is 87.3 cm³/mol. The first kappa shape index (κ1) is 15.5. The van der Waals surface area contributed by atoms with Crippen LogP contribution in [0.4, 0.5) is 4.39 Å². The van der Waals surface area contributed by atoms with Crippen LogP contribution in [0.3, 0.4) is 0 Å². The summed E-state index contributed by atoms with van der Waals surface area (Å²) in [5.74, 6) is 0.0590. The maximum absolute atomic E-state index is 13.7. The Labute approximate surface area is 137 Å². The molecule has 1 aromatic carbocycles. The van der Waals surface area contributed by atoms with E-state index in [2.05, 4.69) is 20.1 Å². The van der Waals surface area contributed by atoms with Gasteiger partial charge in [0.05, 0.1) is 18.0 Å². The number of hydrogen-bond acceptors (Lipinski definition) is 6. The smallest absolute Gasteiger partial charge is 0.175 e. The number of aliphatic imine (C=N–C) groups is 1. The molecule has 0 saturated carbocycles. The van der Waals surface area contributed by atoms with Gasteiger partial charge in [-0.1, -0.05) is 23.4 Å². The van der Waals surface area contributed by atoms with Gasteiger partial charge in [-0.2, -0.15) is 0 Å². The lowest BCUT2D eigenvalue weighted by atomic mass is 10.2. The molecule has 0 aliphatic heterocycles. The largest absolute Gasteiger partial charge is 0.396 e. The van der Waals surface area contributed by atoms with Gasteiger partial charge in [-0.05, 0) is 18.2 Å². The van der Waals surface area contributed by atoms with E-state index in [0.29, 0.717) is 28.5 Å². The van der Waals surface area contributed by atoms with E-state index in [-0.39, 0.29) is 12.4 Å². The van der Waals surface area contributed by atoms with E-state index in [0.717, 1.165) is 0 Å². The highest BCUT2D eigenvalue weighted by molar-refractivity contribution is 6.10. The Hall–Kier alpha value is -3.35. The molecular weight excluding hydrogens is 309 g/mol. The molecule has 0 bridgehead atoms. The number of nitrogens with two attached hydrogens (primary N) is 1. The second-order valence-corrected chi connectivity index (χ2v) is 4.85. The van der Waals surface area contributed by atoms with Crippen LogP contribution in [-0.4, -0.2) is 20.8 Å². The lowest BCUT2D eigenvalue weighted by molar-refractivity contribution is 0.418. The monoisotopic (exact) mass is 323 g/mol. The van der Waals surface area contributed by atoms with E-state index in [1.165, 1.54) is 12.3 Å². The Morgan fingerprint density at radius 1 is 1.17 bits per heavy atom. The molecule has 0 radical (unpaired) electrons. The summed E-state index contributed by atoms with van der Waals surface area (Å²) in [7, 11) is 0. The van der Waals surface area contributed by atoms with E-state index >= 15 is 0 Å². The van der Waals surface area contributed by atoms with E-state index in [4.69, 9.17) is 10.3 Å². The zero-order valence-corrected chi connectivity index (χ0v) is 12.6. The standard InChI is InChI=1S/C17H14FN5O/c18-13-5-2-1-4-12(13)11-22-16(15-6-9-24-23-15)10-14(19)17-20-7-3-8-21-17/h1-10H,11,19H2/b14-10-,22-16?. The molecule has 0 aliphatic carbocycles. The fourth-order valence-corrected chi connectivity index (χ4v) is 2.00. The summed E-state index contributed by atoms with van der Waals surface area (Å²) < 4.78 is 18.6. The third kappa shape index (κ3) is 3.70. The van der Waals surface area contributed by atoms with Gasteiger partial charge in [0, 0.05) is 24.0 Å². The molecule has 3 rings (SSSR count). The van der Waals surface area contributed by atoms with Crippen LogP contribution in [0.1, 0.15) is 17.1 Å². The number of allylic oxidation sites excluding steroid dienone is 1. The number of aromatic nitrogens is 3. The molecule has 6 nitrogen and oxygen atoms in total. The summed E-state index contributed by atoms with van der Waals surface area (Å²) in [6.45, 7) is 0.147. The summed E-state index contributed by atoms with van der Waals surface area (Å²) in [4.78, 5) is 12.6. The molecule has 0 amide bonds. The van der Waals surface area contributed by atoms with Gasteiger partial charge in [-0.15, -0.1) is 0 Å². The lowest BCUT2D eigenvalue weighted by Gasteiger charge is -2.03. The maximum Gasteiger partial charge on any atom is 0.175 e. The molecule has 2 heterocycles. The zero-order chi connectivity index (χ0) is 16.8. The quantitative estimate of drug-likeness (QED) is 0.729. The summed E-state index contributed by atoms with van der Waals surface area (Å²) >= 11 is 0. The highest BCUT2D eigenvalue weighted by Crippen LogP contribution is 2.11. The van der Waals surface area contributed by atoms with Crippen molar-refractivity contribution in [2.24, 2.45) is 10.7 Å². The Kier molecular flexibility index (Phi) is 4.71. The van der Waals surface area contributed by atoms with Crippen molar-refractivity contribution >= 4 is 11.4 Å². The summed E-state index contributed by atoms with van der Waals surface area (Å²) in [6, 6.07) is 9.80. The second-order valence-electron chi connectivity index (χ2n) is 4.85. The number of halogens is 1. The van der Waals surface area contributed by atoms with Crippen molar-refractivity contribution in [2.45, 2.75) is 6.54 Å². The number of rotatable bonds is 5. The van der Waals surface area contributed by atoms with Crippen molar-refractivity contribution < 1.29 is 8.91 Å². The molecule has 0 spiro atoms. The molecule has 24 heavy (non-hydrogen) atoms. The average molecular weight is 323 g/mol. The molecule has 7 heteroatoms.